The summed E-state index contributed by atoms with van der Waals surface area (Å²) in [5, 5.41) is 0. The number of hydrogen-bond acceptors (Lipinski definition) is 8. The fourth-order valence-electron chi connectivity index (χ4n) is 5.15. The molecule has 0 aliphatic heterocycles. The molecule has 34 heavy (non-hydrogen) atoms. The average molecular weight is 544 g/mol. The standard InChI is InChI=1S/C13H23NO4S.C9H15ClO4S/c1-14(11-6-7-11)19(16,17)10-13(12(15)18-2)8-4-3-5-9-13;1-14-8(11)9(7-15(10,12)13)5-3-2-4-6-9/h11H,3-10H2,1-2H3;2-7H2,1H3. The Labute approximate surface area is 208 Å². The maximum Gasteiger partial charge on any atom is 0.312 e. The first-order valence-electron chi connectivity index (χ1n) is 11.9. The van der Waals surface area contributed by atoms with Crippen molar-refractivity contribution < 1.29 is 35.9 Å². The lowest BCUT2D eigenvalue weighted by molar-refractivity contribution is -0.154. The third-order valence-electron chi connectivity index (χ3n) is 7.27. The van der Waals surface area contributed by atoms with E-state index < -0.39 is 35.9 Å². The zero-order chi connectivity index (χ0) is 25.6. The summed E-state index contributed by atoms with van der Waals surface area (Å²) in [6.07, 6.45) is 9.80. The minimum Gasteiger partial charge on any atom is -0.469 e. The smallest absolute Gasteiger partial charge is 0.312 e. The second kappa shape index (κ2) is 11.9. The second-order valence-corrected chi connectivity index (χ2v) is 14.7. The molecule has 3 fully saturated rings. The summed E-state index contributed by atoms with van der Waals surface area (Å²) >= 11 is 0. The fourth-order valence-corrected chi connectivity index (χ4v) is 8.82. The van der Waals surface area contributed by atoms with Crippen LogP contribution in [-0.4, -0.2) is 71.9 Å². The van der Waals surface area contributed by atoms with Crippen LogP contribution in [0.4, 0.5) is 0 Å². The van der Waals surface area contributed by atoms with Gasteiger partial charge in [-0.2, -0.15) is 0 Å². The highest BCUT2D eigenvalue weighted by Gasteiger charge is 2.47. The van der Waals surface area contributed by atoms with Crippen LogP contribution in [0.1, 0.15) is 77.0 Å². The predicted octanol–water partition coefficient (Wildman–Crippen LogP) is 3.21. The first-order chi connectivity index (χ1) is 15.8. The van der Waals surface area contributed by atoms with E-state index in [-0.39, 0.29) is 23.5 Å². The van der Waals surface area contributed by atoms with Crippen molar-refractivity contribution in [3.8, 4) is 0 Å². The monoisotopic (exact) mass is 543 g/mol. The van der Waals surface area contributed by atoms with E-state index in [9.17, 15) is 26.4 Å². The summed E-state index contributed by atoms with van der Waals surface area (Å²) < 4.78 is 58.0. The van der Waals surface area contributed by atoms with Gasteiger partial charge in [0.15, 0.2) is 0 Å². The van der Waals surface area contributed by atoms with Gasteiger partial charge in [0.1, 0.15) is 0 Å². The lowest BCUT2D eigenvalue weighted by atomic mass is 9.75. The molecule has 0 aromatic carbocycles. The lowest BCUT2D eigenvalue weighted by Crippen LogP contribution is -2.45. The molecule has 3 aliphatic carbocycles. The van der Waals surface area contributed by atoms with Gasteiger partial charge in [-0.25, -0.2) is 21.1 Å². The van der Waals surface area contributed by atoms with Crippen molar-refractivity contribution in [2.75, 3.05) is 32.8 Å². The van der Waals surface area contributed by atoms with Crippen molar-refractivity contribution in [3.05, 3.63) is 0 Å². The number of sulfonamides is 1. The van der Waals surface area contributed by atoms with Gasteiger partial charge >= 0.3 is 11.9 Å². The van der Waals surface area contributed by atoms with Crippen molar-refractivity contribution >= 4 is 41.7 Å². The van der Waals surface area contributed by atoms with E-state index in [0.717, 1.165) is 51.4 Å². The molecule has 0 saturated heterocycles. The van der Waals surface area contributed by atoms with Gasteiger partial charge in [0.05, 0.1) is 36.6 Å². The molecule has 0 aromatic rings. The summed E-state index contributed by atoms with van der Waals surface area (Å²) in [5.41, 5.74) is -1.73. The summed E-state index contributed by atoms with van der Waals surface area (Å²) in [7, 11) is 2.42. The first kappa shape index (κ1) is 29.3. The van der Waals surface area contributed by atoms with Crippen LogP contribution in [0.15, 0.2) is 0 Å². The van der Waals surface area contributed by atoms with Crippen LogP contribution < -0.4 is 0 Å². The van der Waals surface area contributed by atoms with Gasteiger partial charge in [-0.15, -0.1) is 0 Å². The molecular weight excluding hydrogens is 506 g/mol. The summed E-state index contributed by atoms with van der Waals surface area (Å²) in [5.74, 6) is -1.22. The highest BCUT2D eigenvalue weighted by Crippen LogP contribution is 2.41. The Kier molecular flexibility index (Phi) is 10.2. The van der Waals surface area contributed by atoms with Crippen molar-refractivity contribution in [1.82, 2.24) is 4.31 Å². The Morgan fingerprint density at radius 2 is 1.18 bits per heavy atom. The maximum absolute atomic E-state index is 12.4. The van der Waals surface area contributed by atoms with Crippen LogP contribution in [0.25, 0.3) is 0 Å². The Morgan fingerprint density at radius 1 is 0.794 bits per heavy atom. The summed E-state index contributed by atoms with van der Waals surface area (Å²) in [6.45, 7) is 0. The van der Waals surface area contributed by atoms with Crippen LogP contribution in [0.3, 0.4) is 0 Å². The highest BCUT2D eigenvalue weighted by atomic mass is 35.7. The average Bonchev–Trinajstić information content (AvgIpc) is 3.63. The molecule has 0 radical (unpaired) electrons. The molecule has 0 spiro atoms. The predicted molar refractivity (Wildman–Crippen MR) is 129 cm³/mol. The molecule has 3 rings (SSSR count). The number of carbonyl (C=O) groups excluding carboxylic acids is 2. The van der Waals surface area contributed by atoms with Crippen molar-refractivity contribution in [2.24, 2.45) is 10.8 Å². The van der Waals surface area contributed by atoms with E-state index >= 15 is 0 Å². The maximum atomic E-state index is 12.4. The number of carbonyl (C=O) groups is 2. The lowest BCUT2D eigenvalue weighted by Gasteiger charge is -2.35. The SMILES string of the molecule is COC(=O)C1(CS(=O)(=O)Cl)CCCCC1.COC(=O)C1(CS(=O)(=O)N(C)C2CC2)CCCCC1. The van der Waals surface area contributed by atoms with E-state index in [2.05, 4.69) is 4.74 Å². The van der Waals surface area contributed by atoms with Gasteiger partial charge in [0.25, 0.3) is 0 Å². The third kappa shape index (κ3) is 7.80. The molecule has 12 heteroatoms. The Bertz CT molecular complexity index is 919. The number of hydrogen-bond donors (Lipinski definition) is 0. The first-order valence-corrected chi connectivity index (χ1v) is 15.9. The van der Waals surface area contributed by atoms with Gasteiger partial charge in [0, 0.05) is 23.8 Å². The van der Waals surface area contributed by atoms with Gasteiger partial charge in [-0.05, 0) is 38.5 Å². The number of ether oxygens (including phenoxy) is 2. The fraction of sp³-hybridized carbons (Fsp3) is 0.909. The molecule has 0 atom stereocenters. The minimum absolute atomic E-state index is 0.0975. The Morgan fingerprint density at radius 3 is 1.50 bits per heavy atom. The quantitative estimate of drug-likeness (QED) is 0.337. The third-order valence-corrected chi connectivity index (χ3v) is 10.6. The van der Waals surface area contributed by atoms with E-state index in [4.69, 9.17) is 15.4 Å². The molecule has 3 saturated carbocycles. The molecule has 0 unspecified atom stereocenters. The van der Waals surface area contributed by atoms with E-state index in [0.29, 0.717) is 25.7 Å². The van der Waals surface area contributed by atoms with Gasteiger partial charge in [0.2, 0.25) is 19.1 Å². The molecule has 198 valence electrons. The number of esters is 2. The van der Waals surface area contributed by atoms with Gasteiger partial charge < -0.3 is 9.47 Å². The minimum atomic E-state index is -3.67. The van der Waals surface area contributed by atoms with Crippen molar-refractivity contribution in [3.63, 3.8) is 0 Å². The zero-order valence-electron chi connectivity index (χ0n) is 20.4. The summed E-state index contributed by atoms with van der Waals surface area (Å²) in [4.78, 5) is 23.7. The van der Waals surface area contributed by atoms with Crippen molar-refractivity contribution in [2.45, 2.75) is 83.1 Å². The topological polar surface area (TPSA) is 124 Å². The molecular formula is C22H38ClNO8S2. The molecule has 0 N–H and O–H groups in total. The van der Waals surface area contributed by atoms with Crippen LogP contribution in [0, 0.1) is 10.8 Å². The van der Waals surface area contributed by atoms with E-state index in [1.165, 1.54) is 18.5 Å². The molecule has 9 nitrogen and oxygen atoms in total. The highest BCUT2D eigenvalue weighted by molar-refractivity contribution is 8.13. The molecule has 3 aliphatic rings. The van der Waals surface area contributed by atoms with Crippen LogP contribution in [-0.2, 0) is 38.1 Å². The van der Waals surface area contributed by atoms with Crippen LogP contribution in [0.5, 0.6) is 0 Å². The molecule has 0 aromatic heterocycles. The number of methoxy groups -OCH3 is 2. The largest absolute Gasteiger partial charge is 0.469 e. The number of rotatable bonds is 8. The van der Waals surface area contributed by atoms with E-state index in [1.807, 2.05) is 0 Å². The number of nitrogens with zero attached hydrogens (tertiary/aromatic N) is 1. The molecule has 0 amide bonds. The second-order valence-electron chi connectivity index (χ2n) is 9.85. The molecule has 0 bridgehead atoms. The normalized spacial score (nSPS) is 22.3. The zero-order valence-corrected chi connectivity index (χ0v) is 22.8. The summed E-state index contributed by atoms with van der Waals surface area (Å²) in [6, 6.07) is 0.142. The number of halogens is 1. The van der Waals surface area contributed by atoms with Gasteiger partial charge in [-0.1, -0.05) is 38.5 Å². The van der Waals surface area contributed by atoms with Crippen molar-refractivity contribution in [1.29, 1.82) is 0 Å². The Hall–Kier alpha value is -0.910. The van der Waals surface area contributed by atoms with E-state index in [1.54, 1.807) is 7.05 Å². The van der Waals surface area contributed by atoms with Gasteiger partial charge in [-0.3, -0.25) is 9.59 Å². The Balaban J connectivity index is 0.000000248. The van der Waals surface area contributed by atoms with Crippen LogP contribution in [0.2, 0.25) is 0 Å². The van der Waals surface area contributed by atoms with Crippen LogP contribution >= 0.6 is 10.7 Å². The molecule has 0 heterocycles.